The Morgan fingerprint density at radius 1 is 1.14 bits per heavy atom. The average molecular weight is 577 g/mol. The van der Waals surface area contributed by atoms with Crippen LogP contribution in [-0.4, -0.2) is 55.8 Å². The van der Waals surface area contributed by atoms with Gasteiger partial charge in [0.05, 0.1) is 30.2 Å². The molecular weight excluding hydrogens is 535 g/mol. The summed E-state index contributed by atoms with van der Waals surface area (Å²) < 4.78 is 14.1. The molecule has 0 radical (unpaired) electrons. The number of halogens is 1. The maximum absolute atomic E-state index is 14.1. The SMILES string of the molecule is CCCC1=C([C@H](O)CC/C(=C/c2ccc(O)c(F)c2)c2ccccn2)[C@H](CO)[C@@H]2C(=O)N(C3CCCCC3)C(=O)[C@@H]2C1. The summed E-state index contributed by atoms with van der Waals surface area (Å²) in [5, 5.41) is 31.9. The molecule has 2 aliphatic carbocycles. The Morgan fingerprint density at radius 3 is 2.60 bits per heavy atom. The summed E-state index contributed by atoms with van der Waals surface area (Å²) in [4.78, 5) is 33.4. The zero-order valence-electron chi connectivity index (χ0n) is 24.2. The van der Waals surface area contributed by atoms with Crippen LogP contribution in [0.5, 0.6) is 5.75 Å². The van der Waals surface area contributed by atoms with Crippen LogP contribution in [0.1, 0.15) is 82.4 Å². The number of nitrogens with zero attached hydrogens (tertiary/aromatic N) is 2. The molecule has 1 aromatic heterocycles. The number of likely N-dealkylation sites (tertiary alicyclic amines) is 1. The van der Waals surface area contributed by atoms with Gasteiger partial charge in [-0.1, -0.05) is 50.3 Å². The number of benzene rings is 1. The van der Waals surface area contributed by atoms with Gasteiger partial charge in [-0.05, 0) is 85.6 Å². The van der Waals surface area contributed by atoms with Gasteiger partial charge in [0, 0.05) is 18.2 Å². The van der Waals surface area contributed by atoms with Crippen molar-refractivity contribution in [2.75, 3.05) is 6.61 Å². The van der Waals surface area contributed by atoms with E-state index in [4.69, 9.17) is 0 Å². The zero-order valence-corrected chi connectivity index (χ0v) is 24.2. The summed E-state index contributed by atoms with van der Waals surface area (Å²) in [6.07, 6.45) is 9.97. The summed E-state index contributed by atoms with van der Waals surface area (Å²) in [5.41, 5.74) is 3.69. The number of imide groups is 1. The van der Waals surface area contributed by atoms with Gasteiger partial charge in [0.15, 0.2) is 11.6 Å². The Kier molecular flexibility index (Phi) is 9.53. The number of rotatable bonds is 10. The maximum atomic E-state index is 14.1. The Balaban J connectivity index is 1.42. The number of aliphatic hydroxyl groups excluding tert-OH is 2. The number of phenols is 1. The van der Waals surface area contributed by atoms with E-state index in [0.717, 1.165) is 49.7 Å². The molecule has 0 unspecified atom stereocenters. The molecule has 2 amide bonds. The molecule has 8 heteroatoms. The second-order valence-electron chi connectivity index (χ2n) is 11.9. The van der Waals surface area contributed by atoms with Crippen molar-refractivity contribution < 1.29 is 29.3 Å². The number of fused-ring (bicyclic) bond motifs is 1. The number of aliphatic hydroxyl groups is 2. The molecule has 224 valence electrons. The van der Waals surface area contributed by atoms with E-state index in [9.17, 15) is 29.3 Å². The van der Waals surface area contributed by atoms with Gasteiger partial charge in [0.2, 0.25) is 11.8 Å². The third-order valence-corrected chi connectivity index (χ3v) is 9.26. The minimum Gasteiger partial charge on any atom is -0.505 e. The third kappa shape index (κ3) is 6.06. The molecule has 42 heavy (non-hydrogen) atoms. The molecule has 7 nitrogen and oxygen atoms in total. The normalized spacial score (nSPS) is 24.3. The highest BCUT2D eigenvalue weighted by Gasteiger charge is 2.56. The Hall–Kier alpha value is -3.36. The van der Waals surface area contributed by atoms with Gasteiger partial charge in [-0.2, -0.15) is 0 Å². The summed E-state index contributed by atoms with van der Waals surface area (Å²) >= 11 is 0. The van der Waals surface area contributed by atoms with Crippen LogP contribution in [0, 0.1) is 23.6 Å². The predicted octanol–water partition coefficient (Wildman–Crippen LogP) is 5.65. The van der Waals surface area contributed by atoms with Crippen LogP contribution in [0.3, 0.4) is 0 Å². The largest absolute Gasteiger partial charge is 0.505 e. The monoisotopic (exact) mass is 576 g/mol. The van der Waals surface area contributed by atoms with Gasteiger partial charge in [-0.25, -0.2) is 4.39 Å². The molecule has 2 aromatic rings. The first-order valence-electron chi connectivity index (χ1n) is 15.3. The van der Waals surface area contributed by atoms with Crippen molar-refractivity contribution in [1.82, 2.24) is 9.88 Å². The number of pyridine rings is 1. The van der Waals surface area contributed by atoms with E-state index >= 15 is 0 Å². The third-order valence-electron chi connectivity index (χ3n) is 9.26. The first-order chi connectivity index (χ1) is 20.3. The van der Waals surface area contributed by atoms with Crippen LogP contribution in [0.2, 0.25) is 0 Å². The lowest BCUT2D eigenvalue weighted by Gasteiger charge is -2.36. The molecule has 0 bridgehead atoms. The summed E-state index contributed by atoms with van der Waals surface area (Å²) in [7, 11) is 0. The van der Waals surface area contributed by atoms with Crippen molar-refractivity contribution in [1.29, 1.82) is 0 Å². The molecule has 5 rings (SSSR count). The van der Waals surface area contributed by atoms with E-state index in [1.165, 1.54) is 17.0 Å². The molecule has 4 atom stereocenters. The highest BCUT2D eigenvalue weighted by molar-refractivity contribution is 6.06. The van der Waals surface area contributed by atoms with Gasteiger partial charge in [-0.15, -0.1) is 0 Å². The highest BCUT2D eigenvalue weighted by atomic mass is 19.1. The minimum atomic E-state index is -0.931. The number of aromatic hydroxyl groups is 1. The molecule has 1 aromatic carbocycles. The quantitative estimate of drug-likeness (QED) is 0.249. The number of carbonyl (C=O) groups is 2. The molecule has 0 spiro atoms. The van der Waals surface area contributed by atoms with Crippen molar-refractivity contribution in [2.45, 2.75) is 83.3 Å². The zero-order chi connectivity index (χ0) is 29.8. The molecule has 2 fully saturated rings. The predicted molar refractivity (Wildman–Crippen MR) is 158 cm³/mol. The van der Waals surface area contributed by atoms with Crippen molar-refractivity contribution in [3.05, 3.63) is 70.8 Å². The molecule has 1 saturated heterocycles. The van der Waals surface area contributed by atoms with Crippen LogP contribution in [-0.2, 0) is 9.59 Å². The van der Waals surface area contributed by atoms with Crippen molar-refractivity contribution in [3.63, 3.8) is 0 Å². The number of carbonyl (C=O) groups excluding carboxylic acids is 2. The first-order valence-corrected chi connectivity index (χ1v) is 15.3. The lowest BCUT2D eigenvalue weighted by atomic mass is 9.67. The van der Waals surface area contributed by atoms with Crippen molar-refractivity contribution >= 4 is 23.5 Å². The van der Waals surface area contributed by atoms with Crippen molar-refractivity contribution in [3.8, 4) is 5.75 Å². The summed E-state index contributed by atoms with van der Waals surface area (Å²) in [5.74, 6) is -3.20. The lowest BCUT2D eigenvalue weighted by Crippen LogP contribution is -2.42. The standard InChI is InChI=1S/C34H41FN2O5/c1-2-8-23-19-25-32(34(42)37(33(25)41)24-9-4-3-5-10-24)26(20-38)31(23)30(40)15-13-22(28-11-6-7-16-36-28)17-21-12-14-29(39)27(35)18-21/h6-7,11-12,14,16-18,24-26,30,32,38-40H,2-5,8-10,13,15,19-20H2,1H3/b22-17-/t25-,26+,30-,32-/m1/s1. The van der Waals surface area contributed by atoms with E-state index in [0.29, 0.717) is 42.5 Å². The highest BCUT2D eigenvalue weighted by Crippen LogP contribution is 2.48. The van der Waals surface area contributed by atoms with Crippen LogP contribution in [0.4, 0.5) is 4.39 Å². The Labute approximate surface area is 246 Å². The number of amides is 2. The maximum Gasteiger partial charge on any atom is 0.234 e. The molecule has 3 N–H and O–H groups in total. The first kappa shape index (κ1) is 30.1. The van der Waals surface area contributed by atoms with Gasteiger partial charge in [-0.3, -0.25) is 19.5 Å². The van der Waals surface area contributed by atoms with Crippen molar-refractivity contribution in [2.24, 2.45) is 17.8 Å². The summed E-state index contributed by atoms with van der Waals surface area (Å²) in [6.45, 7) is 1.74. The number of hydrogen-bond donors (Lipinski definition) is 3. The minimum absolute atomic E-state index is 0.0671. The van der Waals surface area contributed by atoms with E-state index in [1.54, 1.807) is 24.4 Å². The fourth-order valence-corrected chi connectivity index (χ4v) is 7.31. The molecule has 1 saturated carbocycles. The topological polar surface area (TPSA) is 111 Å². The fraction of sp³-hybridized carbons (Fsp3) is 0.500. The van der Waals surface area contributed by atoms with Crippen LogP contribution in [0.15, 0.2) is 53.7 Å². The molecule has 2 heterocycles. The molecule has 1 aliphatic heterocycles. The number of phenolic OH excluding ortho intramolecular Hbond substituents is 1. The lowest BCUT2D eigenvalue weighted by molar-refractivity contribution is -0.143. The number of allylic oxidation sites excluding steroid dienone is 2. The van der Waals surface area contributed by atoms with Gasteiger partial charge >= 0.3 is 0 Å². The fourth-order valence-electron chi connectivity index (χ4n) is 7.31. The Morgan fingerprint density at radius 2 is 1.93 bits per heavy atom. The number of hydrogen-bond acceptors (Lipinski definition) is 6. The summed E-state index contributed by atoms with van der Waals surface area (Å²) in [6, 6.07) is 9.61. The van der Waals surface area contributed by atoms with Gasteiger partial charge in [0.1, 0.15) is 0 Å². The van der Waals surface area contributed by atoms with Gasteiger partial charge in [0.25, 0.3) is 0 Å². The second-order valence-corrected chi connectivity index (χ2v) is 11.9. The average Bonchev–Trinajstić information content (AvgIpc) is 3.26. The van der Waals surface area contributed by atoms with Crippen LogP contribution in [0.25, 0.3) is 11.6 Å². The van der Waals surface area contributed by atoms with E-state index in [-0.39, 0.29) is 24.5 Å². The van der Waals surface area contributed by atoms with Gasteiger partial charge < -0.3 is 15.3 Å². The smallest absolute Gasteiger partial charge is 0.234 e. The Bertz CT molecular complexity index is 1350. The van der Waals surface area contributed by atoms with E-state index in [2.05, 4.69) is 4.98 Å². The molecule has 3 aliphatic rings. The van der Waals surface area contributed by atoms with E-state index in [1.807, 2.05) is 19.1 Å². The van der Waals surface area contributed by atoms with Crippen LogP contribution < -0.4 is 0 Å². The molecular formula is C34H41FN2O5. The van der Waals surface area contributed by atoms with Crippen LogP contribution >= 0.6 is 0 Å². The number of aromatic nitrogens is 1. The second kappa shape index (κ2) is 13.3. The van der Waals surface area contributed by atoms with E-state index < -0.39 is 35.4 Å².